The molecule has 1 saturated carbocycles. The molecule has 0 aromatic heterocycles. The molecular formula is C24H31N3O6. The van der Waals surface area contributed by atoms with Crippen molar-refractivity contribution in [2.45, 2.75) is 64.7 Å². The van der Waals surface area contributed by atoms with Crippen LogP contribution >= 0.6 is 0 Å². The molecule has 1 aromatic rings. The fourth-order valence-corrected chi connectivity index (χ4v) is 4.36. The molecule has 0 spiro atoms. The fraction of sp³-hybridized carbons (Fsp3) is 0.542. The predicted octanol–water partition coefficient (Wildman–Crippen LogP) is 3.11. The molecule has 9 heteroatoms. The van der Waals surface area contributed by atoms with Gasteiger partial charge in [0.15, 0.2) is 11.2 Å². The number of ketones is 1. The lowest BCUT2D eigenvalue weighted by Gasteiger charge is -2.25. The van der Waals surface area contributed by atoms with E-state index in [1.54, 1.807) is 39.0 Å². The molecule has 1 aliphatic heterocycles. The third-order valence-corrected chi connectivity index (χ3v) is 5.97. The Hall–Kier alpha value is -3.23. The molecule has 3 rings (SSSR count). The van der Waals surface area contributed by atoms with Crippen molar-refractivity contribution in [1.82, 2.24) is 0 Å². The third-order valence-electron chi connectivity index (χ3n) is 5.97. The number of esters is 2. The van der Waals surface area contributed by atoms with Crippen LogP contribution in [0.4, 0.5) is 11.4 Å². The van der Waals surface area contributed by atoms with Gasteiger partial charge in [0.1, 0.15) is 5.71 Å². The van der Waals surface area contributed by atoms with E-state index in [0.717, 1.165) is 19.3 Å². The number of hydrogen-bond acceptors (Lipinski definition) is 8. The number of ether oxygens (including phenoxy) is 2. The molecule has 1 amide bonds. The van der Waals surface area contributed by atoms with Gasteiger partial charge in [-0.15, -0.1) is 0 Å². The maximum absolute atomic E-state index is 13.5. The highest BCUT2D eigenvalue weighted by Crippen LogP contribution is 2.46. The summed E-state index contributed by atoms with van der Waals surface area (Å²) in [6.45, 7) is 5.61. The number of amides is 1. The Kier molecular flexibility index (Phi) is 7.84. The van der Waals surface area contributed by atoms with Crippen molar-refractivity contribution in [1.29, 1.82) is 0 Å². The number of nitrogens with one attached hydrogen (secondary N) is 1. The number of nitrogens with zero attached hydrogens (tertiary/aromatic N) is 2. The number of benzene rings is 1. The lowest BCUT2D eigenvalue weighted by atomic mass is 9.78. The second-order valence-corrected chi connectivity index (χ2v) is 8.04. The van der Waals surface area contributed by atoms with E-state index >= 15 is 0 Å². The quantitative estimate of drug-likeness (QED) is 0.276. The fourth-order valence-electron chi connectivity index (χ4n) is 4.36. The molecule has 33 heavy (non-hydrogen) atoms. The van der Waals surface area contributed by atoms with Gasteiger partial charge in [-0.3, -0.25) is 24.6 Å². The van der Waals surface area contributed by atoms with Crippen LogP contribution in [0.3, 0.4) is 0 Å². The Morgan fingerprint density at radius 1 is 1.06 bits per heavy atom. The number of likely N-dealkylation sites (N-methyl/N-ethyl adjacent to an activating group) is 1. The number of Topliss-reactive ketones (excluding diaryl/α,β-unsaturated/α-hetero) is 1. The Morgan fingerprint density at radius 2 is 1.79 bits per heavy atom. The number of carbonyl (C=O) groups is 4. The molecule has 1 unspecified atom stereocenters. The van der Waals surface area contributed by atoms with E-state index in [9.17, 15) is 19.2 Å². The maximum atomic E-state index is 13.5. The van der Waals surface area contributed by atoms with Gasteiger partial charge in [0.25, 0.3) is 0 Å². The van der Waals surface area contributed by atoms with Crippen molar-refractivity contribution >= 4 is 40.7 Å². The second-order valence-electron chi connectivity index (χ2n) is 8.04. The van der Waals surface area contributed by atoms with Gasteiger partial charge < -0.3 is 14.4 Å². The van der Waals surface area contributed by atoms with E-state index < -0.39 is 29.7 Å². The molecule has 0 bridgehead atoms. The highest BCUT2D eigenvalue weighted by atomic mass is 16.5. The first-order chi connectivity index (χ1) is 15.9. The van der Waals surface area contributed by atoms with Gasteiger partial charge in [-0.1, -0.05) is 6.42 Å². The molecule has 1 atom stereocenters. The van der Waals surface area contributed by atoms with Gasteiger partial charge in [-0.25, -0.2) is 0 Å². The Bertz CT molecular complexity index is 973. The summed E-state index contributed by atoms with van der Waals surface area (Å²) in [5.41, 5.74) is 2.95. The average molecular weight is 458 g/mol. The molecule has 1 aromatic carbocycles. The molecule has 1 N–H and O–H groups in total. The van der Waals surface area contributed by atoms with E-state index in [1.165, 1.54) is 4.90 Å². The summed E-state index contributed by atoms with van der Waals surface area (Å²) >= 11 is 0. The first-order valence-corrected chi connectivity index (χ1v) is 11.5. The van der Waals surface area contributed by atoms with E-state index in [2.05, 4.69) is 10.5 Å². The number of anilines is 2. The van der Waals surface area contributed by atoms with Crippen molar-refractivity contribution in [2.24, 2.45) is 5.10 Å². The predicted molar refractivity (Wildman–Crippen MR) is 123 cm³/mol. The normalized spacial score (nSPS) is 21.5. The van der Waals surface area contributed by atoms with E-state index in [4.69, 9.17) is 9.47 Å². The van der Waals surface area contributed by atoms with Gasteiger partial charge in [0, 0.05) is 24.2 Å². The summed E-state index contributed by atoms with van der Waals surface area (Å²) in [6.07, 6.45) is 3.39. The first-order valence-electron chi connectivity index (χ1n) is 11.5. The van der Waals surface area contributed by atoms with Crippen molar-refractivity contribution in [3.8, 4) is 0 Å². The maximum Gasteiger partial charge on any atom is 0.326 e. The van der Waals surface area contributed by atoms with Crippen LogP contribution in [-0.4, -0.2) is 49.1 Å². The number of carbonyl (C=O) groups excluding carboxylic acids is 4. The first kappa shape index (κ1) is 24.4. The highest BCUT2D eigenvalue weighted by Gasteiger charge is 2.58. The van der Waals surface area contributed by atoms with Gasteiger partial charge >= 0.3 is 11.9 Å². The number of hydrogen-bond donors (Lipinski definition) is 1. The van der Waals surface area contributed by atoms with Gasteiger partial charge in [0.2, 0.25) is 5.91 Å². The van der Waals surface area contributed by atoms with Crippen LogP contribution in [0.2, 0.25) is 0 Å². The topological polar surface area (TPSA) is 114 Å². The van der Waals surface area contributed by atoms with Gasteiger partial charge in [-0.05, 0) is 58.2 Å². The minimum Gasteiger partial charge on any atom is -0.466 e. The monoisotopic (exact) mass is 457 g/mol. The van der Waals surface area contributed by atoms with Crippen molar-refractivity contribution in [2.75, 3.05) is 30.1 Å². The van der Waals surface area contributed by atoms with Gasteiger partial charge in [-0.2, -0.15) is 5.10 Å². The number of rotatable bonds is 8. The molecule has 9 nitrogen and oxygen atoms in total. The van der Waals surface area contributed by atoms with Crippen molar-refractivity contribution < 1.29 is 28.7 Å². The third kappa shape index (κ3) is 4.77. The van der Waals surface area contributed by atoms with Crippen molar-refractivity contribution in [3.63, 3.8) is 0 Å². The van der Waals surface area contributed by atoms with Crippen LogP contribution in [0.1, 0.15) is 64.9 Å². The van der Waals surface area contributed by atoms with Crippen LogP contribution in [0.5, 0.6) is 0 Å². The van der Waals surface area contributed by atoms with E-state index in [-0.39, 0.29) is 19.0 Å². The zero-order valence-corrected chi connectivity index (χ0v) is 19.4. The lowest BCUT2D eigenvalue weighted by molar-refractivity contribution is -0.160. The summed E-state index contributed by atoms with van der Waals surface area (Å²) in [5.74, 6) is -1.95. The van der Waals surface area contributed by atoms with Crippen LogP contribution in [0, 0.1) is 0 Å². The summed E-state index contributed by atoms with van der Waals surface area (Å²) < 4.78 is 10.3. The summed E-state index contributed by atoms with van der Waals surface area (Å²) in [5, 5.41) is 4.31. The van der Waals surface area contributed by atoms with Crippen molar-refractivity contribution in [3.05, 3.63) is 23.8 Å². The molecule has 1 aliphatic carbocycles. The largest absolute Gasteiger partial charge is 0.466 e. The molecular weight excluding hydrogens is 426 g/mol. The molecule has 178 valence electrons. The minimum atomic E-state index is -1.84. The molecule has 1 heterocycles. The molecule has 0 saturated heterocycles. The number of hydrazone groups is 1. The SMILES string of the molecule is CCOC(=O)CC1(C(=O)OCC)C(=O)N(CC)c2ccc(N/N=C3/CCCCCC3=O)cc21. The van der Waals surface area contributed by atoms with Crippen LogP contribution in [0.15, 0.2) is 23.3 Å². The summed E-state index contributed by atoms with van der Waals surface area (Å²) in [6, 6.07) is 5.07. The zero-order valence-electron chi connectivity index (χ0n) is 19.4. The van der Waals surface area contributed by atoms with Crippen LogP contribution in [-0.2, 0) is 34.1 Å². The average Bonchev–Trinajstić information content (AvgIpc) is 2.90. The van der Waals surface area contributed by atoms with E-state index in [1.807, 2.05) is 0 Å². The zero-order chi connectivity index (χ0) is 24.0. The minimum absolute atomic E-state index is 0.0247. The Labute approximate surface area is 193 Å². The Morgan fingerprint density at radius 3 is 2.48 bits per heavy atom. The van der Waals surface area contributed by atoms with Gasteiger partial charge in [0.05, 0.1) is 25.3 Å². The summed E-state index contributed by atoms with van der Waals surface area (Å²) in [4.78, 5) is 52.9. The highest BCUT2D eigenvalue weighted by molar-refractivity contribution is 6.40. The second kappa shape index (κ2) is 10.6. The molecule has 1 fully saturated rings. The molecule has 0 radical (unpaired) electrons. The number of fused-ring (bicyclic) bond motifs is 1. The standard InChI is InChI=1S/C24H31N3O6/c1-4-27-19-13-12-16(25-26-18-10-8-7-9-11-20(18)28)14-17(19)24(22(27)30,23(31)33-6-3)15-21(29)32-5-2/h12-14,25H,4-11,15H2,1-3H3/b26-18-. The Balaban J connectivity index is 2.04. The van der Waals surface area contributed by atoms with E-state index in [0.29, 0.717) is 42.0 Å². The smallest absolute Gasteiger partial charge is 0.326 e. The summed E-state index contributed by atoms with van der Waals surface area (Å²) in [7, 11) is 0. The lowest BCUT2D eigenvalue weighted by Crippen LogP contribution is -2.48. The van der Waals surface area contributed by atoms with Crippen LogP contribution in [0.25, 0.3) is 0 Å². The van der Waals surface area contributed by atoms with Crippen LogP contribution < -0.4 is 10.3 Å². The molecule has 2 aliphatic rings.